The highest BCUT2D eigenvalue weighted by molar-refractivity contribution is 7.15. The third-order valence-electron chi connectivity index (χ3n) is 4.61. The van der Waals surface area contributed by atoms with Crippen molar-refractivity contribution in [1.29, 1.82) is 0 Å². The van der Waals surface area contributed by atoms with Gasteiger partial charge in [0.25, 0.3) is 0 Å². The normalized spacial score (nSPS) is 10.9. The van der Waals surface area contributed by atoms with Gasteiger partial charge >= 0.3 is 0 Å². The molecule has 0 spiro atoms. The van der Waals surface area contributed by atoms with Crippen molar-refractivity contribution in [3.05, 3.63) is 75.5 Å². The van der Waals surface area contributed by atoms with Crippen LogP contribution in [0.1, 0.15) is 21.8 Å². The Morgan fingerprint density at radius 1 is 1.17 bits per heavy atom. The minimum Gasteiger partial charge on any atom is -0.496 e. The fourth-order valence-corrected chi connectivity index (χ4v) is 4.31. The molecule has 0 aliphatic carbocycles. The number of aromatic amines is 1. The largest absolute Gasteiger partial charge is 0.496 e. The first-order chi connectivity index (χ1) is 14.0. The number of halogens is 1. The number of H-pyrrole nitrogens is 1. The third kappa shape index (κ3) is 4.28. The van der Waals surface area contributed by atoms with Gasteiger partial charge in [0, 0.05) is 40.0 Å². The molecular weight excluding hydrogens is 404 g/mol. The number of methoxy groups -OCH3 is 1. The van der Waals surface area contributed by atoms with Crippen molar-refractivity contribution in [2.75, 3.05) is 12.4 Å². The second-order valence-electron chi connectivity index (χ2n) is 6.75. The number of thiazole rings is 1. The fraction of sp³-hybridized carbons (Fsp3) is 0.182. The van der Waals surface area contributed by atoms with Gasteiger partial charge in [-0.25, -0.2) is 9.97 Å². The van der Waals surface area contributed by atoms with E-state index in [4.69, 9.17) is 16.3 Å². The van der Waals surface area contributed by atoms with Gasteiger partial charge in [-0.05, 0) is 37.6 Å². The smallest absolute Gasteiger partial charge is 0.187 e. The van der Waals surface area contributed by atoms with E-state index < -0.39 is 0 Å². The number of benzene rings is 2. The number of ether oxygens (including phenoxy) is 1. The predicted molar refractivity (Wildman–Crippen MR) is 120 cm³/mol. The molecule has 2 aromatic carbocycles. The van der Waals surface area contributed by atoms with Crippen LogP contribution in [0.15, 0.2) is 48.7 Å². The van der Waals surface area contributed by atoms with E-state index in [-0.39, 0.29) is 0 Å². The lowest BCUT2D eigenvalue weighted by atomic mass is 10.1. The number of hydrogen-bond acceptors (Lipinski definition) is 5. The van der Waals surface area contributed by atoms with E-state index in [2.05, 4.69) is 26.3 Å². The monoisotopic (exact) mass is 424 g/mol. The summed E-state index contributed by atoms with van der Waals surface area (Å²) in [6.45, 7) is 4.00. The number of aryl methyl sites for hydroxylation is 2. The molecule has 2 heterocycles. The van der Waals surface area contributed by atoms with Crippen LogP contribution in [0.2, 0.25) is 5.02 Å². The van der Waals surface area contributed by atoms with Gasteiger partial charge in [-0.15, -0.1) is 11.3 Å². The van der Waals surface area contributed by atoms with Crippen molar-refractivity contribution in [1.82, 2.24) is 15.0 Å². The van der Waals surface area contributed by atoms with Crippen LogP contribution in [-0.2, 0) is 6.42 Å². The van der Waals surface area contributed by atoms with E-state index in [9.17, 15) is 0 Å². The van der Waals surface area contributed by atoms with Crippen molar-refractivity contribution in [2.45, 2.75) is 20.3 Å². The summed E-state index contributed by atoms with van der Waals surface area (Å²) in [4.78, 5) is 13.5. The standard InChI is InChI=1S/C22H21ClN4OS/c1-13-12-24-21(25-13)17-9-8-16(11-19(17)28-3)27-22-26-14(2)20(29-22)10-15-6-4-5-7-18(15)23/h4-9,11-12H,10H2,1-3H3,(H,24,25)(H,26,27). The van der Waals surface area contributed by atoms with Crippen LogP contribution in [0.3, 0.4) is 0 Å². The number of rotatable bonds is 6. The summed E-state index contributed by atoms with van der Waals surface area (Å²) in [6, 6.07) is 13.9. The molecule has 4 aromatic rings. The SMILES string of the molecule is COc1cc(Nc2nc(C)c(Cc3ccccc3Cl)s2)ccc1-c1ncc(C)[nH]1. The van der Waals surface area contributed by atoms with E-state index in [0.29, 0.717) is 0 Å². The van der Waals surface area contributed by atoms with Gasteiger partial charge in [0.15, 0.2) is 5.13 Å². The minimum atomic E-state index is 0.744. The molecule has 2 aromatic heterocycles. The highest BCUT2D eigenvalue weighted by Crippen LogP contribution is 2.34. The van der Waals surface area contributed by atoms with Gasteiger partial charge in [0.1, 0.15) is 11.6 Å². The fourth-order valence-electron chi connectivity index (χ4n) is 3.10. The molecule has 29 heavy (non-hydrogen) atoms. The lowest BCUT2D eigenvalue weighted by Gasteiger charge is -2.09. The van der Waals surface area contributed by atoms with E-state index in [1.165, 1.54) is 4.88 Å². The molecule has 0 saturated heterocycles. The average Bonchev–Trinajstić information content (AvgIpc) is 3.29. The Labute approximate surface area is 178 Å². The lowest BCUT2D eigenvalue weighted by molar-refractivity contribution is 0.416. The van der Waals surface area contributed by atoms with E-state index in [1.54, 1.807) is 24.6 Å². The summed E-state index contributed by atoms with van der Waals surface area (Å²) in [5.41, 5.74) is 4.95. The Hall–Kier alpha value is -2.83. The van der Waals surface area contributed by atoms with Gasteiger partial charge in [0.05, 0.1) is 18.4 Å². The third-order valence-corrected chi connectivity index (χ3v) is 6.05. The Balaban J connectivity index is 1.56. The molecule has 4 rings (SSSR count). The minimum absolute atomic E-state index is 0.744. The van der Waals surface area contributed by atoms with Crippen molar-refractivity contribution in [3.8, 4) is 17.1 Å². The van der Waals surface area contributed by atoms with Crippen LogP contribution in [0.25, 0.3) is 11.4 Å². The average molecular weight is 425 g/mol. The zero-order chi connectivity index (χ0) is 20.4. The zero-order valence-electron chi connectivity index (χ0n) is 16.4. The summed E-state index contributed by atoms with van der Waals surface area (Å²) >= 11 is 7.95. The summed E-state index contributed by atoms with van der Waals surface area (Å²) in [5, 5.41) is 5.01. The van der Waals surface area contributed by atoms with E-state index in [1.807, 2.05) is 50.2 Å². The summed E-state index contributed by atoms with van der Waals surface area (Å²) in [6.07, 6.45) is 2.57. The van der Waals surface area contributed by atoms with Gasteiger partial charge in [-0.3, -0.25) is 0 Å². The van der Waals surface area contributed by atoms with E-state index >= 15 is 0 Å². The Kier molecular flexibility index (Phi) is 5.56. The topological polar surface area (TPSA) is 62.8 Å². The second-order valence-corrected chi connectivity index (χ2v) is 8.24. The Morgan fingerprint density at radius 3 is 2.72 bits per heavy atom. The first kappa shape index (κ1) is 19.5. The van der Waals surface area contributed by atoms with Gasteiger partial charge in [-0.2, -0.15) is 0 Å². The quantitative estimate of drug-likeness (QED) is 0.390. The number of anilines is 2. The first-order valence-electron chi connectivity index (χ1n) is 9.20. The van der Waals surface area contributed by atoms with Crippen molar-refractivity contribution < 1.29 is 4.74 Å². The highest BCUT2D eigenvalue weighted by Gasteiger charge is 2.13. The maximum absolute atomic E-state index is 6.31. The molecular formula is C22H21ClN4OS. The van der Waals surface area contributed by atoms with Crippen LogP contribution in [0, 0.1) is 13.8 Å². The molecule has 0 aliphatic heterocycles. The van der Waals surface area contributed by atoms with Crippen molar-refractivity contribution in [3.63, 3.8) is 0 Å². The second kappa shape index (κ2) is 8.27. The lowest BCUT2D eigenvalue weighted by Crippen LogP contribution is -1.94. The number of hydrogen-bond donors (Lipinski definition) is 2. The predicted octanol–water partition coefficient (Wildman–Crippen LogP) is 6.15. The van der Waals surface area contributed by atoms with Crippen LogP contribution < -0.4 is 10.1 Å². The highest BCUT2D eigenvalue weighted by atomic mass is 35.5. The van der Waals surface area contributed by atoms with Crippen LogP contribution in [0.5, 0.6) is 5.75 Å². The van der Waals surface area contributed by atoms with Gasteiger partial charge in [0.2, 0.25) is 0 Å². The Morgan fingerprint density at radius 2 is 2.00 bits per heavy atom. The maximum Gasteiger partial charge on any atom is 0.187 e. The number of nitrogens with one attached hydrogen (secondary N) is 2. The molecule has 7 heteroatoms. The molecule has 0 aliphatic rings. The van der Waals surface area contributed by atoms with Crippen LogP contribution in [-0.4, -0.2) is 22.1 Å². The number of aromatic nitrogens is 3. The number of imidazole rings is 1. The maximum atomic E-state index is 6.31. The molecule has 0 fully saturated rings. The molecule has 0 radical (unpaired) electrons. The number of nitrogens with zero attached hydrogens (tertiary/aromatic N) is 2. The molecule has 0 amide bonds. The van der Waals surface area contributed by atoms with Crippen LogP contribution >= 0.6 is 22.9 Å². The summed E-state index contributed by atoms with van der Waals surface area (Å²) in [5.74, 6) is 1.53. The molecule has 0 atom stereocenters. The first-order valence-corrected chi connectivity index (χ1v) is 10.4. The van der Waals surface area contributed by atoms with Gasteiger partial charge < -0.3 is 15.0 Å². The molecule has 148 valence electrons. The zero-order valence-corrected chi connectivity index (χ0v) is 18.0. The van der Waals surface area contributed by atoms with Crippen molar-refractivity contribution >= 4 is 33.8 Å². The van der Waals surface area contributed by atoms with Crippen LogP contribution in [0.4, 0.5) is 10.8 Å². The molecule has 0 unspecified atom stereocenters. The molecule has 5 nitrogen and oxygen atoms in total. The van der Waals surface area contributed by atoms with E-state index in [0.717, 1.165) is 56.4 Å². The van der Waals surface area contributed by atoms with Gasteiger partial charge in [-0.1, -0.05) is 29.8 Å². The molecule has 0 saturated carbocycles. The summed E-state index contributed by atoms with van der Waals surface area (Å²) in [7, 11) is 1.66. The Bertz CT molecular complexity index is 1150. The van der Waals surface area contributed by atoms with Crippen molar-refractivity contribution in [2.24, 2.45) is 0 Å². The molecule has 2 N–H and O–H groups in total. The summed E-state index contributed by atoms with van der Waals surface area (Å²) < 4.78 is 5.58. The molecule has 0 bridgehead atoms.